The van der Waals surface area contributed by atoms with E-state index in [1.54, 1.807) is 31.1 Å². The van der Waals surface area contributed by atoms with Crippen LogP contribution in [0.2, 0.25) is 5.02 Å². The molecule has 10 heteroatoms. The van der Waals surface area contributed by atoms with Crippen molar-refractivity contribution in [1.29, 1.82) is 0 Å². The molecular formula is C28H34ClF3N4O2. The van der Waals surface area contributed by atoms with E-state index in [-0.39, 0.29) is 34.4 Å². The lowest BCUT2D eigenvalue weighted by Gasteiger charge is -2.35. The molecule has 3 atom stereocenters. The number of likely N-dealkylation sites (N-methyl/N-ethyl adjacent to an activating group) is 1. The maximum Gasteiger partial charge on any atom is 0.416 e. The lowest BCUT2D eigenvalue weighted by atomic mass is 9.83. The molecule has 1 aromatic carbocycles. The summed E-state index contributed by atoms with van der Waals surface area (Å²) in [7, 11) is 1.70. The van der Waals surface area contributed by atoms with E-state index in [9.17, 15) is 22.8 Å². The zero-order chi connectivity index (χ0) is 27.4. The molecule has 1 aromatic heterocycles. The first-order valence-corrected chi connectivity index (χ1v) is 13.6. The molecule has 1 aliphatic carbocycles. The van der Waals surface area contributed by atoms with Gasteiger partial charge in [-0.05, 0) is 75.4 Å². The number of carbonyl (C=O) groups excluding carboxylic acids is 2. The van der Waals surface area contributed by atoms with Gasteiger partial charge in [0.2, 0.25) is 11.8 Å². The Morgan fingerprint density at radius 2 is 1.82 bits per heavy atom. The molecule has 6 nitrogen and oxygen atoms in total. The molecule has 3 unspecified atom stereocenters. The van der Waals surface area contributed by atoms with Gasteiger partial charge in [-0.25, -0.2) is 0 Å². The van der Waals surface area contributed by atoms with E-state index >= 15 is 0 Å². The summed E-state index contributed by atoms with van der Waals surface area (Å²) < 4.78 is 40.0. The molecule has 2 amide bonds. The van der Waals surface area contributed by atoms with E-state index < -0.39 is 23.8 Å². The van der Waals surface area contributed by atoms with Crippen molar-refractivity contribution in [3.8, 4) is 11.1 Å². The molecule has 1 saturated carbocycles. The Morgan fingerprint density at radius 3 is 2.50 bits per heavy atom. The number of benzene rings is 1. The van der Waals surface area contributed by atoms with Gasteiger partial charge in [-0.15, -0.1) is 0 Å². The van der Waals surface area contributed by atoms with Gasteiger partial charge in [-0.2, -0.15) is 13.2 Å². The molecule has 2 heterocycles. The van der Waals surface area contributed by atoms with Crippen LogP contribution in [-0.2, 0) is 15.8 Å². The molecule has 206 valence electrons. The van der Waals surface area contributed by atoms with Crippen LogP contribution in [0.4, 0.5) is 13.2 Å². The number of alkyl halides is 3. The first-order chi connectivity index (χ1) is 18.1. The second-order valence-corrected chi connectivity index (χ2v) is 10.7. The molecule has 38 heavy (non-hydrogen) atoms. The van der Waals surface area contributed by atoms with Gasteiger partial charge < -0.3 is 15.5 Å². The Hall–Kier alpha value is -2.65. The average Bonchev–Trinajstić information content (AvgIpc) is 3.41. The van der Waals surface area contributed by atoms with Gasteiger partial charge in [-0.1, -0.05) is 30.9 Å². The van der Waals surface area contributed by atoms with Gasteiger partial charge in [0.05, 0.1) is 17.6 Å². The fourth-order valence-corrected chi connectivity index (χ4v) is 5.75. The smallest absolute Gasteiger partial charge is 0.343 e. The summed E-state index contributed by atoms with van der Waals surface area (Å²) in [6.07, 6.45) is 5.06. The van der Waals surface area contributed by atoms with E-state index in [1.165, 1.54) is 12.3 Å². The van der Waals surface area contributed by atoms with Gasteiger partial charge in [0.15, 0.2) is 0 Å². The Bertz CT molecular complexity index is 1150. The Balaban J connectivity index is 1.62. The van der Waals surface area contributed by atoms with Gasteiger partial charge >= 0.3 is 6.18 Å². The fraction of sp³-hybridized carbons (Fsp3) is 0.536. The Kier molecular flexibility index (Phi) is 8.98. The summed E-state index contributed by atoms with van der Waals surface area (Å²) in [5, 5.41) is 6.14. The van der Waals surface area contributed by atoms with Crippen LogP contribution in [0, 0.1) is 5.92 Å². The quantitative estimate of drug-likeness (QED) is 0.460. The zero-order valence-corrected chi connectivity index (χ0v) is 22.4. The van der Waals surface area contributed by atoms with Crippen molar-refractivity contribution >= 4 is 23.4 Å². The van der Waals surface area contributed by atoms with Crippen molar-refractivity contribution in [3.63, 3.8) is 0 Å². The number of hydrogen-bond donors (Lipinski definition) is 2. The molecule has 1 saturated heterocycles. The SMILES string of the molecule is CNC(C)C(=O)NC(C(=O)N1CCCC1c1cncc(-c2cc(C(F)(F)F)ccc2Cl)c1)C1CCCCC1. The number of pyridine rings is 1. The minimum absolute atomic E-state index is 0.0684. The van der Waals surface area contributed by atoms with Gasteiger partial charge in [-0.3, -0.25) is 14.6 Å². The predicted octanol–water partition coefficient (Wildman–Crippen LogP) is 5.76. The fourth-order valence-electron chi connectivity index (χ4n) is 5.52. The molecule has 0 bridgehead atoms. The number of likely N-dealkylation sites (tertiary alicyclic amines) is 1. The lowest BCUT2D eigenvalue weighted by molar-refractivity contribution is -0.139. The normalized spacial score (nSPS) is 20.3. The number of carbonyl (C=O) groups is 2. The highest BCUT2D eigenvalue weighted by molar-refractivity contribution is 6.33. The molecule has 2 aliphatic rings. The van der Waals surface area contributed by atoms with Crippen molar-refractivity contribution in [2.45, 2.75) is 76.2 Å². The van der Waals surface area contributed by atoms with E-state index in [0.29, 0.717) is 18.5 Å². The number of aromatic nitrogens is 1. The van der Waals surface area contributed by atoms with Crippen molar-refractivity contribution in [2.75, 3.05) is 13.6 Å². The number of halogens is 4. The van der Waals surface area contributed by atoms with Crippen LogP contribution in [0.3, 0.4) is 0 Å². The summed E-state index contributed by atoms with van der Waals surface area (Å²) in [6, 6.07) is 3.65. The standard InChI is InChI=1S/C28H34ClF3N4O2/c1-17(33-2)26(37)35-25(18-7-4-3-5-8-18)27(38)36-12-6-9-24(36)20-13-19(15-34-16-20)22-14-21(28(30,31)32)10-11-23(22)29/h10-11,13-18,24-25,33H,3-9,12H2,1-2H3,(H,35,37). The van der Waals surface area contributed by atoms with Crippen molar-refractivity contribution in [1.82, 2.24) is 20.5 Å². The number of nitrogens with zero attached hydrogens (tertiary/aromatic N) is 2. The van der Waals surface area contributed by atoms with Crippen molar-refractivity contribution in [2.24, 2.45) is 5.92 Å². The molecule has 0 radical (unpaired) electrons. The Morgan fingerprint density at radius 1 is 1.08 bits per heavy atom. The highest BCUT2D eigenvalue weighted by atomic mass is 35.5. The van der Waals surface area contributed by atoms with Gasteiger partial charge in [0.25, 0.3) is 0 Å². The first-order valence-electron chi connectivity index (χ1n) is 13.2. The van der Waals surface area contributed by atoms with Crippen LogP contribution in [0.15, 0.2) is 36.7 Å². The van der Waals surface area contributed by atoms with Crippen LogP contribution in [-0.4, -0.2) is 47.4 Å². The maximum atomic E-state index is 14.0. The van der Waals surface area contributed by atoms with Crippen molar-refractivity contribution in [3.05, 3.63) is 52.8 Å². The summed E-state index contributed by atoms with van der Waals surface area (Å²) in [6.45, 7) is 2.30. The van der Waals surface area contributed by atoms with Crippen LogP contribution >= 0.6 is 11.6 Å². The number of nitrogens with one attached hydrogen (secondary N) is 2. The second-order valence-electron chi connectivity index (χ2n) is 10.3. The minimum atomic E-state index is -4.50. The average molecular weight is 551 g/mol. The van der Waals surface area contributed by atoms with Crippen molar-refractivity contribution < 1.29 is 22.8 Å². The number of rotatable bonds is 7. The molecule has 4 rings (SSSR count). The third-order valence-corrected chi connectivity index (χ3v) is 8.13. The number of hydrogen-bond acceptors (Lipinski definition) is 4. The van der Waals surface area contributed by atoms with E-state index in [4.69, 9.17) is 11.6 Å². The first kappa shape index (κ1) is 28.4. The summed E-state index contributed by atoms with van der Waals surface area (Å²) in [5.74, 6) is -0.257. The molecule has 2 aromatic rings. The molecule has 2 N–H and O–H groups in total. The van der Waals surface area contributed by atoms with Crippen LogP contribution in [0.1, 0.15) is 69.0 Å². The van der Waals surface area contributed by atoms with Gasteiger partial charge in [0, 0.05) is 35.1 Å². The predicted molar refractivity (Wildman–Crippen MR) is 140 cm³/mol. The summed E-state index contributed by atoms with van der Waals surface area (Å²) >= 11 is 6.28. The second kappa shape index (κ2) is 12.0. The van der Waals surface area contributed by atoms with E-state index in [0.717, 1.165) is 56.2 Å². The zero-order valence-electron chi connectivity index (χ0n) is 21.7. The topological polar surface area (TPSA) is 74.3 Å². The van der Waals surface area contributed by atoms with Crippen LogP contribution in [0.5, 0.6) is 0 Å². The van der Waals surface area contributed by atoms with Gasteiger partial charge in [0.1, 0.15) is 6.04 Å². The summed E-state index contributed by atoms with van der Waals surface area (Å²) in [5.41, 5.74) is 0.638. The lowest BCUT2D eigenvalue weighted by Crippen LogP contribution is -2.55. The molecule has 1 aliphatic heterocycles. The number of amides is 2. The highest BCUT2D eigenvalue weighted by Crippen LogP contribution is 2.39. The summed E-state index contributed by atoms with van der Waals surface area (Å²) in [4.78, 5) is 32.8. The molecular weight excluding hydrogens is 517 g/mol. The third-order valence-electron chi connectivity index (χ3n) is 7.80. The molecule has 2 fully saturated rings. The third kappa shape index (κ3) is 6.31. The molecule has 0 spiro atoms. The van der Waals surface area contributed by atoms with E-state index in [1.807, 2.05) is 0 Å². The monoisotopic (exact) mass is 550 g/mol. The van der Waals surface area contributed by atoms with E-state index in [2.05, 4.69) is 15.6 Å². The largest absolute Gasteiger partial charge is 0.416 e. The van der Waals surface area contributed by atoms with Crippen LogP contribution < -0.4 is 10.6 Å². The highest BCUT2D eigenvalue weighted by Gasteiger charge is 2.39. The minimum Gasteiger partial charge on any atom is -0.343 e. The Labute approximate surface area is 226 Å². The maximum absolute atomic E-state index is 14.0. The van der Waals surface area contributed by atoms with Crippen LogP contribution in [0.25, 0.3) is 11.1 Å².